The fraction of sp³-hybridized carbons (Fsp3) is 0.400. The summed E-state index contributed by atoms with van der Waals surface area (Å²) in [6.07, 6.45) is 1.53. The molecule has 0 radical (unpaired) electrons. The van der Waals surface area contributed by atoms with Gasteiger partial charge in [-0.15, -0.1) is 0 Å². The van der Waals surface area contributed by atoms with Crippen molar-refractivity contribution in [2.45, 2.75) is 39.3 Å². The van der Waals surface area contributed by atoms with Gasteiger partial charge >= 0.3 is 0 Å². The van der Waals surface area contributed by atoms with Crippen LogP contribution >= 0.6 is 23.2 Å². The molecule has 2 rings (SSSR count). The van der Waals surface area contributed by atoms with Gasteiger partial charge in [0.15, 0.2) is 0 Å². The molecule has 1 aromatic heterocycles. The van der Waals surface area contributed by atoms with E-state index in [4.69, 9.17) is 29.0 Å². The van der Waals surface area contributed by atoms with Crippen LogP contribution in [0.2, 0.25) is 10.0 Å². The molecule has 1 aromatic carbocycles. The Balaban J connectivity index is 2.14. The summed E-state index contributed by atoms with van der Waals surface area (Å²) in [5.41, 5.74) is 5.93. The lowest BCUT2D eigenvalue weighted by molar-refractivity contribution is 0.496. The van der Waals surface area contributed by atoms with Gasteiger partial charge in [-0.05, 0) is 38.0 Å². The van der Waals surface area contributed by atoms with Crippen LogP contribution in [0.4, 0.5) is 0 Å². The molecule has 1 heterocycles. The van der Waals surface area contributed by atoms with E-state index in [1.165, 1.54) is 5.56 Å². The van der Waals surface area contributed by atoms with E-state index in [0.29, 0.717) is 0 Å². The van der Waals surface area contributed by atoms with Crippen molar-refractivity contribution >= 4 is 23.2 Å². The Morgan fingerprint density at radius 2 is 1.90 bits per heavy atom. The molecule has 0 saturated heterocycles. The molecule has 0 spiro atoms. The second-order valence-corrected chi connectivity index (χ2v) is 5.87. The zero-order valence-electron chi connectivity index (χ0n) is 12.2. The second kappa shape index (κ2) is 7.27. The summed E-state index contributed by atoms with van der Waals surface area (Å²) < 4.78 is 1.93. The summed E-state index contributed by atoms with van der Waals surface area (Å²) in [6.45, 7) is 4.76. The lowest BCUT2D eigenvalue weighted by atomic mass is 10.0. The van der Waals surface area contributed by atoms with Gasteiger partial charge < -0.3 is 0 Å². The fourth-order valence-electron chi connectivity index (χ4n) is 2.39. The van der Waals surface area contributed by atoms with Gasteiger partial charge in [-0.2, -0.15) is 5.10 Å². The number of benzene rings is 1. The minimum Gasteiger partial charge on any atom is -0.271 e. The average Bonchev–Trinajstić information content (AvgIpc) is 2.76. The van der Waals surface area contributed by atoms with Crippen LogP contribution in [0.3, 0.4) is 0 Å². The first-order valence-electron chi connectivity index (χ1n) is 6.97. The Morgan fingerprint density at radius 3 is 2.48 bits per heavy atom. The third kappa shape index (κ3) is 3.98. The quantitative estimate of drug-likeness (QED) is 0.633. The molecule has 3 N–H and O–H groups in total. The van der Waals surface area contributed by atoms with Crippen molar-refractivity contribution in [1.29, 1.82) is 0 Å². The van der Waals surface area contributed by atoms with Crippen molar-refractivity contribution in [2.75, 3.05) is 0 Å². The maximum absolute atomic E-state index is 6.35. The molecule has 2 aromatic rings. The van der Waals surface area contributed by atoms with Crippen molar-refractivity contribution in [3.8, 4) is 0 Å². The number of rotatable bonds is 6. The van der Waals surface area contributed by atoms with E-state index in [1.54, 1.807) is 0 Å². The van der Waals surface area contributed by atoms with Crippen LogP contribution < -0.4 is 11.3 Å². The molecule has 0 amide bonds. The fourth-order valence-corrected chi connectivity index (χ4v) is 2.73. The molecular formula is C15H20Cl2N4. The molecule has 1 atom stereocenters. The highest BCUT2D eigenvalue weighted by Crippen LogP contribution is 2.22. The summed E-state index contributed by atoms with van der Waals surface area (Å²) in [5.74, 6) is 5.70. The SMILES string of the molecule is CCn1nc(C)c(Cl)c1CC(Cc1ccc(Cl)cc1)NN. The number of nitrogens with two attached hydrogens (primary N) is 1. The molecule has 114 valence electrons. The highest BCUT2D eigenvalue weighted by molar-refractivity contribution is 6.31. The Kier molecular flexibility index (Phi) is 5.65. The number of nitrogens with zero attached hydrogens (tertiary/aromatic N) is 2. The lowest BCUT2D eigenvalue weighted by Crippen LogP contribution is -2.39. The molecule has 0 fully saturated rings. The Hall–Kier alpha value is -1.07. The largest absolute Gasteiger partial charge is 0.271 e. The van der Waals surface area contributed by atoms with Gasteiger partial charge in [0, 0.05) is 24.0 Å². The maximum Gasteiger partial charge on any atom is 0.0847 e. The van der Waals surface area contributed by atoms with Crippen LogP contribution in [-0.4, -0.2) is 15.8 Å². The number of hydrogen-bond donors (Lipinski definition) is 2. The van der Waals surface area contributed by atoms with Crippen LogP contribution in [-0.2, 0) is 19.4 Å². The lowest BCUT2D eigenvalue weighted by Gasteiger charge is -2.17. The zero-order valence-corrected chi connectivity index (χ0v) is 13.7. The van der Waals surface area contributed by atoms with Gasteiger partial charge in [0.05, 0.1) is 16.4 Å². The summed E-state index contributed by atoms with van der Waals surface area (Å²) in [6, 6.07) is 7.88. The molecule has 6 heteroatoms. The van der Waals surface area contributed by atoms with E-state index < -0.39 is 0 Å². The molecular weight excluding hydrogens is 307 g/mol. The number of nitrogens with one attached hydrogen (secondary N) is 1. The highest BCUT2D eigenvalue weighted by atomic mass is 35.5. The van der Waals surface area contributed by atoms with E-state index in [2.05, 4.69) is 17.4 Å². The zero-order chi connectivity index (χ0) is 15.4. The van der Waals surface area contributed by atoms with Crippen LogP contribution in [0.25, 0.3) is 0 Å². The van der Waals surface area contributed by atoms with Crippen LogP contribution in [0.15, 0.2) is 24.3 Å². The first-order valence-corrected chi connectivity index (χ1v) is 7.73. The van der Waals surface area contributed by atoms with E-state index in [9.17, 15) is 0 Å². The van der Waals surface area contributed by atoms with Crippen LogP contribution in [0.5, 0.6) is 0 Å². The van der Waals surface area contributed by atoms with Crippen molar-refractivity contribution in [3.05, 3.63) is 51.3 Å². The van der Waals surface area contributed by atoms with Gasteiger partial charge in [-0.1, -0.05) is 35.3 Å². The molecule has 0 aliphatic carbocycles. The topological polar surface area (TPSA) is 55.9 Å². The van der Waals surface area contributed by atoms with Gasteiger partial charge in [-0.25, -0.2) is 0 Å². The van der Waals surface area contributed by atoms with Gasteiger partial charge in [0.1, 0.15) is 0 Å². The molecule has 0 aliphatic heterocycles. The molecule has 0 saturated carbocycles. The van der Waals surface area contributed by atoms with Crippen molar-refractivity contribution in [1.82, 2.24) is 15.2 Å². The highest BCUT2D eigenvalue weighted by Gasteiger charge is 2.17. The average molecular weight is 327 g/mol. The Labute approximate surface area is 135 Å². The van der Waals surface area contributed by atoms with E-state index in [1.807, 2.05) is 35.9 Å². The molecule has 4 nitrogen and oxygen atoms in total. The number of aromatic nitrogens is 2. The summed E-state index contributed by atoms with van der Waals surface area (Å²) in [5, 5.41) is 5.90. The maximum atomic E-state index is 6.35. The first kappa shape index (κ1) is 16.3. The normalized spacial score (nSPS) is 12.6. The van der Waals surface area contributed by atoms with Crippen molar-refractivity contribution in [2.24, 2.45) is 5.84 Å². The van der Waals surface area contributed by atoms with Gasteiger partial charge in [0.2, 0.25) is 0 Å². The van der Waals surface area contributed by atoms with Gasteiger partial charge in [-0.3, -0.25) is 16.0 Å². The summed E-state index contributed by atoms with van der Waals surface area (Å²) >= 11 is 12.3. The minimum absolute atomic E-state index is 0.0880. The Morgan fingerprint density at radius 1 is 1.24 bits per heavy atom. The minimum atomic E-state index is 0.0880. The molecule has 0 aliphatic rings. The smallest absolute Gasteiger partial charge is 0.0847 e. The number of hydrogen-bond acceptors (Lipinski definition) is 3. The van der Waals surface area contributed by atoms with E-state index in [-0.39, 0.29) is 6.04 Å². The molecule has 21 heavy (non-hydrogen) atoms. The monoisotopic (exact) mass is 326 g/mol. The predicted octanol–water partition coefficient (Wildman–Crippen LogP) is 3.14. The number of hydrazine groups is 1. The number of aryl methyl sites for hydroxylation is 2. The van der Waals surface area contributed by atoms with Crippen molar-refractivity contribution in [3.63, 3.8) is 0 Å². The van der Waals surface area contributed by atoms with Gasteiger partial charge in [0.25, 0.3) is 0 Å². The summed E-state index contributed by atoms with van der Waals surface area (Å²) in [7, 11) is 0. The molecule has 1 unspecified atom stereocenters. The standard InChI is InChI=1S/C15H20Cl2N4/c1-3-21-14(15(17)10(2)20-21)9-13(19-18)8-11-4-6-12(16)7-5-11/h4-7,13,19H,3,8-9,18H2,1-2H3. The third-order valence-corrected chi connectivity index (χ3v) is 4.27. The van der Waals surface area contributed by atoms with Crippen molar-refractivity contribution < 1.29 is 0 Å². The second-order valence-electron chi connectivity index (χ2n) is 5.06. The Bertz CT molecular complexity index is 592. The molecule has 0 bridgehead atoms. The first-order chi connectivity index (χ1) is 10.0. The van der Waals surface area contributed by atoms with Crippen LogP contribution in [0.1, 0.15) is 23.9 Å². The third-order valence-electron chi connectivity index (χ3n) is 3.52. The predicted molar refractivity (Wildman–Crippen MR) is 87.6 cm³/mol. The van der Waals surface area contributed by atoms with E-state index >= 15 is 0 Å². The summed E-state index contributed by atoms with van der Waals surface area (Å²) in [4.78, 5) is 0. The van der Waals surface area contributed by atoms with Crippen LogP contribution in [0, 0.1) is 6.92 Å². The number of halogens is 2. The van der Waals surface area contributed by atoms with E-state index in [0.717, 1.165) is 40.8 Å².